The zero-order valence-corrected chi connectivity index (χ0v) is 12.4. The minimum absolute atomic E-state index is 0.742. The molecule has 1 aromatic carbocycles. The first-order valence-electron chi connectivity index (χ1n) is 7.85. The normalized spacial score (nSPS) is 18.4. The monoisotopic (exact) mass is 283 g/mol. The molecule has 5 heteroatoms. The standard InChI is InChI=1S/C16H21N5/c1-10-2-7-15(17)13(8-10)16-18-19-20-21(16)9-14(11-3-4-11)12-5-6-12/h2,7-8,11-12,14H,3-6,9,17H2,1H3. The molecule has 2 fully saturated rings. The fraction of sp³-hybridized carbons (Fsp3) is 0.562. The molecule has 21 heavy (non-hydrogen) atoms. The van der Waals surface area contributed by atoms with Crippen molar-refractivity contribution < 1.29 is 0 Å². The van der Waals surface area contributed by atoms with E-state index in [1.165, 1.54) is 31.2 Å². The van der Waals surface area contributed by atoms with Gasteiger partial charge in [-0.3, -0.25) is 0 Å². The second-order valence-electron chi connectivity index (χ2n) is 6.61. The largest absolute Gasteiger partial charge is 0.398 e. The Hall–Kier alpha value is -1.91. The van der Waals surface area contributed by atoms with Crippen LogP contribution in [0.5, 0.6) is 0 Å². The third-order valence-electron chi connectivity index (χ3n) is 4.82. The first-order chi connectivity index (χ1) is 10.2. The number of tetrazole rings is 1. The predicted octanol–water partition coefficient (Wildman–Crippen LogP) is 2.67. The summed E-state index contributed by atoms with van der Waals surface area (Å²) in [6, 6.07) is 6.02. The maximum absolute atomic E-state index is 6.12. The molecular weight excluding hydrogens is 262 g/mol. The van der Waals surface area contributed by atoms with Gasteiger partial charge in [0.15, 0.2) is 5.82 Å². The Bertz CT molecular complexity index is 642. The smallest absolute Gasteiger partial charge is 0.184 e. The highest BCUT2D eigenvalue weighted by molar-refractivity contribution is 5.72. The Morgan fingerprint density at radius 2 is 1.95 bits per heavy atom. The summed E-state index contributed by atoms with van der Waals surface area (Å²) in [5.74, 6) is 3.34. The number of hydrogen-bond acceptors (Lipinski definition) is 4. The first-order valence-corrected chi connectivity index (χ1v) is 7.85. The van der Waals surface area contributed by atoms with Crippen LogP contribution in [0.3, 0.4) is 0 Å². The summed E-state index contributed by atoms with van der Waals surface area (Å²) in [6.45, 7) is 3.00. The number of rotatable bonds is 5. The molecule has 0 spiro atoms. The molecule has 2 saturated carbocycles. The summed E-state index contributed by atoms with van der Waals surface area (Å²) >= 11 is 0. The van der Waals surface area contributed by atoms with Crippen molar-refractivity contribution in [2.45, 2.75) is 39.2 Å². The zero-order chi connectivity index (χ0) is 14.4. The van der Waals surface area contributed by atoms with E-state index >= 15 is 0 Å². The molecule has 0 amide bonds. The highest BCUT2D eigenvalue weighted by Gasteiger charge is 2.41. The van der Waals surface area contributed by atoms with Crippen LogP contribution >= 0.6 is 0 Å². The quantitative estimate of drug-likeness (QED) is 0.856. The zero-order valence-electron chi connectivity index (χ0n) is 12.4. The second-order valence-corrected chi connectivity index (χ2v) is 6.61. The third kappa shape index (κ3) is 2.52. The number of anilines is 1. The molecule has 0 radical (unpaired) electrons. The molecule has 2 aliphatic rings. The van der Waals surface area contributed by atoms with Gasteiger partial charge in [-0.05, 0) is 72.9 Å². The van der Waals surface area contributed by atoms with E-state index in [9.17, 15) is 0 Å². The van der Waals surface area contributed by atoms with Crippen molar-refractivity contribution in [1.82, 2.24) is 20.2 Å². The Labute approximate surface area is 124 Å². The van der Waals surface area contributed by atoms with Crippen molar-refractivity contribution in [3.05, 3.63) is 23.8 Å². The van der Waals surface area contributed by atoms with Gasteiger partial charge in [0.05, 0.1) is 0 Å². The van der Waals surface area contributed by atoms with Crippen molar-refractivity contribution in [3.8, 4) is 11.4 Å². The number of nitrogens with two attached hydrogens (primary N) is 1. The number of hydrogen-bond donors (Lipinski definition) is 1. The van der Waals surface area contributed by atoms with E-state index in [0.29, 0.717) is 0 Å². The van der Waals surface area contributed by atoms with Crippen LogP contribution in [-0.2, 0) is 6.54 Å². The lowest BCUT2D eigenvalue weighted by molar-refractivity contribution is 0.331. The number of nitrogens with zero attached hydrogens (tertiary/aromatic N) is 4. The molecule has 2 N–H and O–H groups in total. The molecule has 0 bridgehead atoms. The average Bonchev–Trinajstić information content (AvgIpc) is 3.39. The summed E-state index contributed by atoms with van der Waals surface area (Å²) in [6.07, 6.45) is 5.52. The van der Waals surface area contributed by atoms with Gasteiger partial charge in [0.2, 0.25) is 0 Å². The second kappa shape index (κ2) is 4.83. The van der Waals surface area contributed by atoms with Gasteiger partial charge >= 0.3 is 0 Å². The van der Waals surface area contributed by atoms with Crippen LogP contribution in [0.2, 0.25) is 0 Å². The Morgan fingerprint density at radius 1 is 1.24 bits per heavy atom. The van der Waals surface area contributed by atoms with Crippen LogP contribution in [-0.4, -0.2) is 20.2 Å². The Kier molecular flexibility index (Phi) is 2.94. The predicted molar refractivity (Wildman–Crippen MR) is 81.3 cm³/mol. The minimum atomic E-state index is 0.742. The molecule has 1 aromatic heterocycles. The molecule has 110 valence electrons. The van der Waals surface area contributed by atoms with Crippen LogP contribution < -0.4 is 5.73 Å². The summed E-state index contributed by atoms with van der Waals surface area (Å²) < 4.78 is 1.96. The van der Waals surface area contributed by atoms with Crippen LogP contribution in [0.1, 0.15) is 31.2 Å². The van der Waals surface area contributed by atoms with Gasteiger partial charge in [-0.2, -0.15) is 0 Å². The van der Waals surface area contributed by atoms with Gasteiger partial charge in [0, 0.05) is 17.8 Å². The van der Waals surface area contributed by atoms with E-state index in [4.69, 9.17) is 5.73 Å². The van der Waals surface area contributed by atoms with Crippen LogP contribution in [0.4, 0.5) is 5.69 Å². The van der Waals surface area contributed by atoms with Crippen molar-refractivity contribution >= 4 is 5.69 Å². The van der Waals surface area contributed by atoms with E-state index < -0.39 is 0 Å². The maximum atomic E-state index is 6.12. The number of aromatic nitrogens is 4. The maximum Gasteiger partial charge on any atom is 0.184 e. The van der Waals surface area contributed by atoms with Crippen LogP contribution in [0, 0.1) is 24.7 Å². The molecule has 1 heterocycles. The van der Waals surface area contributed by atoms with E-state index in [2.05, 4.69) is 28.5 Å². The highest BCUT2D eigenvalue weighted by atomic mass is 15.5. The molecule has 0 atom stereocenters. The minimum Gasteiger partial charge on any atom is -0.398 e. The van der Waals surface area contributed by atoms with Crippen LogP contribution in [0.25, 0.3) is 11.4 Å². The summed E-state index contributed by atoms with van der Waals surface area (Å²) in [4.78, 5) is 0. The summed E-state index contributed by atoms with van der Waals surface area (Å²) in [5.41, 5.74) is 8.98. The van der Waals surface area contributed by atoms with E-state index in [1.807, 2.05) is 16.8 Å². The van der Waals surface area contributed by atoms with Gasteiger partial charge in [-0.25, -0.2) is 4.68 Å². The van der Waals surface area contributed by atoms with Crippen molar-refractivity contribution in [1.29, 1.82) is 0 Å². The fourth-order valence-corrected chi connectivity index (χ4v) is 3.32. The molecule has 2 aromatic rings. The van der Waals surface area contributed by atoms with Crippen molar-refractivity contribution in [2.24, 2.45) is 17.8 Å². The molecule has 0 aliphatic heterocycles. The highest BCUT2D eigenvalue weighted by Crippen LogP contribution is 2.50. The van der Waals surface area contributed by atoms with E-state index in [-0.39, 0.29) is 0 Å². The average molecular weight is 283 g/mol. The van der Waals surface area contributed by atoms with Crippen LogP contribution in [0.15, 0.2) is 18.2 Å². The van der Waals surface area contributed by atoms with Gasteiger partial charge in [-0.1, -0.05) is 11.6 Å². The van der Waals surface area contributed by atoms with E-state index in [0.717, 1.165) is 41.4 Å². The van der Waals surface area contributed by atoms with Crippen molar-refractivity contribution in [2.75, 3.05) is 5.73 Å². The number of benzene rings is 1. The topological polar surface area (TPSA) is 69.6 Å². The first kappa shape index (κ1) is 12.8. The molecule has 2 aliphatic carbocycles. The molecule has 4 rings (SSSR count). The van der Waals surface area contributed by atoms with Gasteiger partial charge in [-0.15, -0.1) is 5.10 Å². The fourth-order valence-electron chi connectivity index (χ4n) is 3.32. The van der Waals surface area contributed by atoms with E-state index in [1.54, 1.807) is 0 Å². The lowest BCUT2D eigenvalue weighted by Gasteiger charge is -2.16. The molecular formula is C16H21N5. The Morgan fingerprint density at radius 3 is 2.62 bits per heavy atom. The lowest BCUT2D eigenvalue weighted by Crippen LogP contribution is -2.17. The van der Waals surface area contributed by atoms with Gasteiger partial charge in [0.1, 0.15) is 0 Å². The number of nitrogen functional groups attached to an aromatic ring is 1. The van der Waals surface area contributed by atoms with Gasteiger partial charge < -0.3 is 5.73 Å². The lowest BCUT2D eigenvalue weighted by atomic mass is 9.98. The summed E-state index contributed by atoms with van der Waals surface area (Å²) in [5, 5.41) is 12.3. The third-order valence-corrected chi connectivity index (χ3v) is 4.82. The Balaban J connectivity index is 1.65. The summed E-state index contributed by atoms with van der Waals surface area (Å²) in [7, 11) is 0. The van der Waals surface area contributed by atoms with Crippen molar-refractivity contribution in [3.63, 3.8) is 0 Å². The van der Waals surface area contributed by atoms with Gasteiger partial charge in [0.25, 0.3) is 0 Å². The molecule has 0 unspecified atom stereocenters. The SMILES string of the molecule is Cc1ccc(N)c(-c2nnnn2CC(C2CC2)C2CC2)c1. The molecule has 0 saturated heterocycles. The number of aryl methyl sites for hydroxylation is 1. The molecule has 5 nitrogen and oxygen atoms in total.